The van der Waals surface area contributed by atoms with E-state index in [1.807, 2.05) is 30.3 Å². The van der Waals surface area contributed by atoms with E-state index in [9.17, 15) is 4.79 Å². The molecule has 1 aliphatic carbocycles. The van der Waals surface area contributed by atoms with E-state index in [-0.39, 0.29) is 17.8 Å². The summed E-state index contributed by atoms with van der Waals surface area (Å²) >= 11 is 0. The number of carbonyl (C=O) groups excluding carboxylic acids is 1. The van der Waals surface area contributed by atoms with Crippen LogP contribution in [0.1, 0.15) is 12.0 Å². The van der Waals surface area contributed by atoms with E-state index in [0.29, 0.717) is 6.61 Å². The summed E-state index contributed by atoms with van der Waals surface area (Å²) in [6.45, 7) is 0.451. The highest BCUT2D eigenvalue weighted by atomic mass is 16.6. The van der Waals surface area contributed by atoms with Crippen LogP contribution in [0.4, 0.5) is 0 Å². The molecule has 0 bridgehead atoms. The van der Waals surface area contributed by atoms with Gasteiger partial charge >= 0.3 is 5.97 Å². The number of rotatable bonds is 5. The minimum atomic E-state index is -0.162. The van der Waals surface area contributed by atoms with Gasteiger partial charge in [-0.1, -0.05) is 35.5 Å². The highest BCUT2D eigenvalue weighted by Crippen LogP contribution is 2.37. The van der Waals surface area contributed by atoms with Crippen molar-refractivity contribution >= 4 is 12.2 Å². The number of nitrogens with zero attached hydrogens (tertiary/aromatic N) is 1. The van der Waals surface area contributed by atoms with Crippen LogP contribution in [-0.2, 0) is 21.0 Å². The van der Waals surface area contributed by atoms with Gasteiger partial charge in [0, 0.05) is 12.1 Å². The molecule has 90 valence electrons. The second kappa shape index (κ2) is 5.48. The van der Waals surface area contributed by atoms with E-state index in [1.165, 1.54) is 7.11 Å². The highest BCUT2D eigenvalue weighted by molar-refractivity contribution is 5.82. The minimum absolute atomic E-state index is 0.0240. The van der Waals surface area contributed by atoms with Gasteiger partial charge in [-0.2, -0.15) is 0 Å². The zero-order chi connectivity index (χ0) is 12.1. The second-order valence-corrected chi connectivity index (χ2v) is 4.04. The fourth-order valence-electron chi connectivity index (χ4n) is 1.61. The highest BCUT2D eigenvalue weighted by Gasteiger charge is 2.43. The van der Waals surface area contributed by atoms with E-state index in [4.69, 9.17) is 4.84 Å². The summed E-state index contributed by atoms with van der Waals surface area (Å²) in [6.07, 6.45) is 2.50. The number of hydrogen-bond donors (Lipinski definition) is 0. The minimum Gasteiger partial charge on any atom is -0.469 e. The van der Waals surface area contributed by atoms with Gasteiger partial charge in [0.2, 0.25) is 0 Å². The molecule has 4 heteroatoms. The molecule has 0 spiro atoms. The van der Waals surface area contributed by atoms with Gasteiger partial charge in [0.15, 0.2) is 0 Å². The van der Waals surface area contributed by atoms with Crippen LogP contribution in [0, 0.1) is 11.8 Å². The lowest BCUT2D eigenvalue weighted by atomic mass is 10.2. The predicted octanol–water partition coefficient (Wildman–Crippen LogP) is 2.00. The van der Waals surface area contributed by atoms with Crippen molar-refractivity contribution in [2.75, 3.05) is 7.11 Å². The normalized spacial score (nSPS) is 22.4. The Bertz CT molecular complexity index is 402. The number of carbonyl (C=O) groups is 1. The molecule has 1 aliphatic rings. The molecule has 0 unspecified atom stereocenters. The Morgan fingerprint density at radius 2 is 2.24 bits per heavy atom. The lowest BCUT2D eigenvalue weighted by Crippen LogP contribution is -2.04. The van der Waals surface area contributed by atoms with E-state index >= 15 is 0 Å². The summed E-state index contributed by atoms with van der Waals surface area (Å²) in [6, 6.07) is 9.82. The van der Waals surface area contributed by atoms with Gasteiger partial charge in [0.1, 0.15) is 6.61 Å². The predicted molar refractivity (Wildman–Crippen MR) is 63.3 cm³/mol. The number of esters is 1. The van der Waals surface area contributed by atoms with Crippen LogP contribution in [0.15, 0.2) is 35.5 Å². The Kier molecular flexibility index (Phi) is 3.75. The first-order valence-corrected chi connectivity index (χ1v) is 5.58. The lowest BCUT2D eigenvalue weighted by Gasteiger charge is -1.98. The molecule has 4 nitrogen and oxygen atoms in total. The Morgan fingerprint density at radius 1 is 1.47 bits per heavy atom. The van der Waals surface area contributed by atoms with Gasteiger partial charge in [-0.15, -0.1) is 0 Å². The maximum atomic E-state index is 11.1. The van der Waals surface area contributed by atoms with Crippen LogP contribution >= 0.6 is 0 Å². The van der Waals surface area contributed by atoms with Crippen LogP contribution in [0.3, 0.4) is 0 Å². The third-order valence-electron chi connectivity index (χ3n) is 2.74. The second-order valence-electron chi connectivity index (χ2n) is 4.04. The van der Waals surface area contributed by atoms with Crippen molar-refractivity contribution in [3.8, 4) is 0 Å². The molecule has 1 aromatic carbocycles. The smallest absolute Gasteiger partial charge is 0.309 e. The number of hydrogen-bond acceptors (Lipinski definition) is 4. The van der Waals surface area contributed by atoms with Crippen LogP contribution in [-0.4, -0.2) is 19.3 Å². The van der Waals surface area contributed by atoms with Gasteiger partial charge in [-0.3, -0.25) is 4.79 Å². The average Bonchev–Trinajstić information content (AvgIpc) is 3.14. The van der Waals surface area contributed by atoms with Crippen molar-refractivity contribution in [2.45, 2.75) is 13.0 Å². The summed E-state index contributed by atoms with van der Waals surface area (Å²) in [4.78, 5) is 16.3. The van der Waals surface area contributed by atoms with Crippen molar-refractivity contribution in [3.05, 3.63) is 35.9 Å². The van der Waals surface area contributed by atoms with Crippen molar-refractivity contribution in [1.82, 2.24) is 0 Å². The quantitative estimate of drug-likeness (QED) is 0.444. The molecular formula is C13H15NO3. The molecule has 0 amide bonds. The third kappa shape index (κ3) is 3.31. The number of ether oxygens (including phenoxy) is 1. The molecule has 0 saturated heterocycles. The molecular weight excluding hydrogens is 218 g/mol. The molecule has 0 heterocycles. The summed E-state index contributed by atoms with van der Waals surface area (Å²) in [5.74, 6) is -0.00759. The van der Waals surface area contributed by atoms with Crippen molar-refractivity contribution < 1.29 is 14.4 Å². The standard InChI is InChI=1S/C13H15NO3/c1-16-13(15)12-7-11(12)8-14-17-9-10-5-3-2-4-6-10/h2-6,8,11-12H,7,9H2,1H3/t11-,12-/m1/s1. The van der Waals surface area contributed by atoms with Crippen molar-refractivity contribution in [1.29, 1.82) is 0 Å². The first kappa shape index (κ1) is 11.6. The van der Waals surface area contributed by atoms with E-state index in [0.717, 1.165) is 12.0 Å². The largest absolute Gasteiger partial charge is 0.469 e. The molecule has 1 fully saturated rings. The molecule has 2 rings (SSSR count). The Labute approximate surface area is 100 Å². The van der Waals surface area contributed by atoms with Crippen molar-refractivity contribution in [3.63, 3.8) is 0 Å². The number of oxime groups is 1. The van der Waals surface area contributed by atoms with Crippen LogP contribution < -0.4 is 0 Å². The Balaban J connectivity index is 1.68. The lowest BCUT2D eigenvalue weighted by molar-refractivity contribution is -0.142. The Hall–Kier alpha value is -1.84. The molecule has 1 aromatic rings. The topological polar surface area (TPSA) is 47.9 Å². The van der Waals surface area contributed by atoms with Gasteiger partial charge in [-0.25, -0.2) is 0 Å². The monoisotopic (exact) mass is 233 g/mol. The van der Waals surface area contributed by atoms with E-state index in [2.05, 4.69) is 9.89 Å². The number of benzene rings is 1. The summed E-state index contributed by atoms with van der Waals surface area (Å²) in [7, 11) is 1.40. The van der Waals surface area contributed by atoms with Gasteiger partial charge in [0.05, 0.1) is 13.0 Å². The molecule has 1 saturated carbocycles. The van der Waals surface area contributed by atoms with Gasteiger partial charge in [-0.05, 0) is 12.0 Å². The van der Waals surface area contributed by atoms with Crippen molar-refractivity contribution in [2.24, 2.45) is 17.0 Å². The summed E-state index contributed by atoms with van der Waals surface area (Å²) in [5.41, 5.74) is 1.07. The molecule has 17 heavy (non-hydrogen) atoms. The molecule has 0 radical (unpaired) electrons. The fourth-order valence-corrected chi connectivity index (χ4v) is 1.61. The SMILES string of the molecule is COC(=O)[C@@H]1C[C@@H]1C=NOCc1ccccc1. The van der Waals surface area contributed by atoms with Gasteiger partial charge < -0.3 is 9.57 Å². The summed E-state index contributed by atoms with van der Waals surface area (Å²) < 4.78 is 4.64. The maximum absolute atomic E-state index is 11.1. The van der Waals surface area contributed by atoms with Crippen LogP contribution in [0.5, 0.6) is 0 Å². The molecule has 0 aromatic heterocycles. The Morgan fingerprint density at radius 3 is 2.94 bits per heavy atom. The number of methoxy groups -OCH3 is 1. The van der Waals surface area contributed by atoms with E-state index < -0.39 is 0 Å². The average molecular weight is 233 g/mol. The third-order valence-corrected chi connectivity index (χ3v) is 2.74. The fraction of sp³-hybridized carbons (Fsp3) is 0.385. The zero-order valence-corrected chi connectivity index (χ0v) is 9.70. The van der Waals surface area contributed by atoms with Crippen LogP contribution in [0.2, 0.25) is 0 Å². The molecule has 2 atom stereocenters. The maximum Gasteiger partial charge on any atom is 0.309 e. The van der Waals surface area contributed by atoms with E-state index in [1.54, 1.807) is 6.21 Å². The van der Waals surface area contributed by atoms with Gasteiger partial charge in [0.25, 0.3) is 0 Å². The molecule has 0 N–H and O–H groups in total. The first-order chi connectivity index (χ1) is 8.31. The summed E-state index contributed by atoms with van der Waals surface area (Å²) in [5, 5.41) is 3.86. The van der Waals surface area contributed by atoms with Crippen LogP contribution in [0.25, 0.3) is 0 Å². The first-order valence-electron chi connectivity index (χ1n) is 5.58. The molecule has 0 aliphatic heterocycles. The zero-order valence-electron chi connectivity index (χ0n) is 9.70.